The van der Waals surface area contributed by atoms with Crippen LogP contribution in [0, 0.1) is 6.07 Å². The number of hydrogen-bond acceptors (Lipinski definition) is 3. The van der Waals surface area contributed by atoms with Gasteiger partial charge in [-0.05, 0) is 73.9 Å². The van der Waals surface area contributed by atoms with Gasteiger partial charge in [-0.15, -0.1) is 29.8 Å². The standard InChI is InChI=1S/C57H56N3O.Pt/c1-54(2,3)38-27-28-49(42(30-38)35-19-13-12-14-20-35)60-50-26-18-24-40(51(50)59-53(60)43-31-39(55(4,5)6)32-47(52(43)61)56(7,8)9)36-21-17-22-37(29-36)48-33-46-44(34-58-48)41-23-15-16-25-45(41)57(46,10)11;/h12-28,30-34,61H,1-11H3;/q-1;. The maximum atomic E-state index is 12.4. The number of fused-ring (bicyclic) bond motifs is 4. The summed E-state index contributed by atoms with van der Waals surface area (Å²) in [6.45, 7) is 24.6. The molecular formula is C57H56N3OPt-. The first-order valence-corrected chi connectivity index (χ1v) is 21.6. The van der Waals surface area contributed by atoms with E-state index in [0.29, 0.717) is 11.4 Å². The number of benzene rings is 6. The number of aromatic nitrogens is 3. The normalized spacial score (nSPS) is 13.5. The molecular weight excluding hydrogens is 938 g/mol. The maximum Gasteiger partial charge on any atom is 0.148 e. The van der Waals surface area contributed by atoms with Gasteiger partial charge in [0.25, 0.3) is 0 Å². The van der Waals surface area contributed by atoms with Crippen molar-refractivity contribution >= 4 is 11.0 Å². The van der Waals surface area contributed by atoms with E-state index in [2.05, 4.69) is 214 Å². The number of phenols is 1. The minimum absolute atomic E-state index is 0. The van der Waals surface area contributed by atoms with Gasteiger partial charge in [-0.3, -0.25) is 9.55 Å². The quantitative estimate of drug-likeness (QED) is 0.175. The Bertz CT molecular complexity index is 3010. The zero-order valence-electron chi connectivity index (χ0n) is 37.8. The van der Waals surface area contributed by atoms with Crippen molar-refractivity contribution in [2.24, 2.45) is 0 Å². The van der Waals surface area contributed by atoms with E-state index in [4.69, 9.17) is 9.97 Å². The summed E-state index contributed by atoms with van der Waals surface area (Å²) in [6, 6.07) is 49.2. The van der Waals surface area contributed by atoms with Gasteiger partial charge in [-0.1, -0.05) is 172 Å². The molecule has 0 saturated heterocycles. The Morgan fingerprint density at radius 1 is 0.565 bits per heavy atom. The van der Waals surface area contributed by atoms with Crippen LogP contribution in [0.5, 0.6) is 5.75 Å². The van der Waals surface area contributed by atoms with E-state index < -0.39 is 0 Å². The first kappa shape index (κ1) is 43.1. The van der Waals surface area contributed by atoms with E-state index in [1.165, 1.54) is 27.8 Å². The molecule has 5 heteroatoms. The third kappa shape index (κ3) is 7.35. The molecule has 0 bridgehead atoms. The summed E-state index contributed by atoms with van der Waals surface area (Å²) in [6.07, 6.45) is 2.03. The zero-order valence-corrected chi connectivity index (χ0v) is 40.1. The second-order valence-corrected chi connectivity index (χ2v) is 20.5. The Morgan fingerprint density at radius 3 is 1.92 bits per heavy atom. The van der Waals surface area contributed by atoms with E-state index in [9.17, 15) is 5.11 Å². The van der Waals surface area contributed by atoms with Crippen molar-refractivity contribution in [2.45, 2.75) is 97.8 Å². The molecule has 316 valence electrons. The van der Waals surface area contributed by atoms with Crippen molar-refractivity contribution in [3.8, 4) is 67.5 Å². The van der Waals surface area contributed by atoms with Gasteiger partial charge in [0.2, 0.25) is 0 Å². The molecule has 1 aliphatic rings. The molecule has 0 radical (unpaired) electrons. The van der Waals surface area contributed by atoms with Crippen LogP contribution in [0.4, 0.5) is 0 Å². The topological polar surface area (TPSA) is 50.9 Å². The Balaban J connectivity index is 0.00000529. The summed E-state index contributed by atoms with van der Waals surface area (Å²) in [5.41, 5.74) is 17.1. The first-order chi connectivity index (χ1) is 28.8. The average Bonchev–Trinajstić information content (AvgIpc) is 3.72. The number of hydrogen-bond donors (Lipinski definition) is 1. The van der Waals surface area contributed by atoms with Gasteiger partial charge >= 0.3 is 0 Å². The SMILES string of the molecule is CC(C)(C)c1ccc(-n2c(-c3cc(C(C)(C)C)cc(C(C)(C)C)c3O)nc3c(-c4[c-]c(-c5cc6c(cn5)-c5ccccc5C6(C)C)ccc4)cccc32)c(-c2ccccc2)c1.[Pt]. The second-order valence-electron chi connectivity index (χ2n) is 20.5. The molecule has 0 spiro atoms. The fourth-order valence-electron chi connectivity index (χ4n) is 9.12. The van der Waals surface area contributed by atoms with Crippen LogP contribution >= 0.6 is 0 Å². The van der Waals surface area contributed by atoms with Crippen LogP contribution in [-0.2, 0) is 42.7 Å². The van der Waals surface area contributed by atoms with Crippen LogP contribution in [0.15, 0.2) is 134 Å². The van der Waals surface area contributed by atoms with Crippen LogP contribution in [0.1, 0.15) is 104 Å². The van der Waals surface area contributed by atoms with E-state index in [0.717, 1.165) is 61.4 Å². The molecule has 0 amide bonds. The smallest absolute Gasteiger partial charge is 0.148 e. The summed E-state index contributed by atoms with van der Waals surface area (Å²) < 4.78 is 2.27. The predicted octanol–water partition coefficient (Wildman–Crippen LogP) is 14.8. The molecule has 6 aromatic carbocycles. The van der Waals surface area contributed by atoms with E-state index in [1.807, 2.05) is 6.20 Å². The Morgan fingerprint density at radius 2 is 1.21 bits per heavy atom. The molecule has 2 heterocycles. The predicted molar refractivity (Wildman–Crippen MR) is 255 cm³/mol. The van der Waals surface area contributed by atoms with Crippen LogP contribution < -0.4 is 0 Å². The monoisotopic (exact) mass is 993 g/mol. The summed E-state index contributed by atoms with van der Waals surface area (Å²) in [5, 5.41) is 12.4. The molecule has 8 aromatic rings. The number of rotatable bonds is 5. The van der Waals surface area contributed by atoms with Crippen LogP contribution in [0.25, 0.3) is 72.7 Å². The Kier molecular flexibility index (Phi) is 10.7. The van der Waals surface area contributed by atoms with Crippen molar-refractivity contribution in [3.05, 3.63) is 167 Å². The summed E-state index contributed by atoms with van der Waals surface area (Å²) in [4.78, 5) is 10.6. The fourth-order valence-corrected chi connectivity index (χ4v) is 9.12. The molecule has 1 N–H and O–H groups in total. The van der Waals surface area contributed by atoms with Gasteiger partial charge in [0.15, 0.2) is 0 Å². The van der Waals surface area contributed by atoms with E-state index in [-0.39, 0.29) is 48.5 Å². The number of nitrogens with zero attached hydrogens (tertiary/aromatic N) is 3. The van der Waals surface area contributed by atoms with Crippen LogP contribution in [-0.4, -0.2) is 19.6 Å². The molecule has 0 saturated carbocycles. The molecule has 0 atom stereocenters. The van der Waals surface area contributed by atoms with Crippen molar-refractivity contribution in [2.75, 3.05) is 0 Å². The molecule has 1 aliphatic carbocycles. The number of phenolic OH excluding ortho intramolecular Hbond substituents is 1. The van der Waals surface area contributed by atoms with E-state index >= 15 is 0 Å². The van der Waals surface area contributed by atoms with Gasteiger partial charge in [0, 0.05) is 55.1 Å². The summed E-state index contributed by atoms with van der Waals surface area (Å²) in [7, 11) is 0. The van der Waals surface area contributed by atoms with Crippen molar-refractivity contribution in [1.82, 2.24) is 14.5 Å². The third-order valence-electron chi connectivity index (χ3n) is 12.7. The second kappa shape index (κ2) is 15.3. The molecule has 0 unspecified atom stereocenters. The number of imidazole rings is 1. The minimum atomic E-state index is -0.315. The molecule has 4 nitrogen and oxygen atoms in total. The third-order valence-corrected chi connectivity index (χ3v) is 12.7. The number of para-hydroxylation sites is 1. The van der Waals surface area contributed by atoms with Gasteiger partial charge < -0.3 is 5.11 Å². The van der Waals surface area contributed by atoms with Gasteiger partial charge in [-0.2, -0.15) is 0 Å². The first-order valence-electron chi connectivity index (χ1n) is 21.6. The molecule has 62 heavy (non-hydrogen) atoms. The maximum absolute atomic E-state index is 12.4. The van der Waals surface area contributed by atoms with Crippen molar-refractivity contribution < 1.29 is 26.2 Å². The molecule has 2 aromatic heterocycles. The molecule has 9 rings (SSSR count). The number of aromatic hydroxyl groups is 1. The molecule has 0 aliphatic heterocycles. The number of pyridine rings is 1. The van der Waals surface area contributed by atoms with E-state index in [1.54, 1.807) is 0 Å². The van der Waals surface area contributed by atoms with Gasteiger partial charge in [0.1, 0.15) is 11.6 Å². The Hall–Kier alpha value is -5.57. The minimum Gasteiger partial charge on any atom is -0.507 e. The zero-order chi connectivity index (χ0) is 43.2. The molecule has 0 fully saturated rings. The summed E-state index contributed by atoms with van der Waals surface area (Å²) in [5.74, 6) is 0.947. The largest absolute Gasteiger partial charge is 0.507 e. The average molecular weight is 994 g/mol. The van der Waals surface area contributed by atoms with Gasteiger partial charge in [-0.25, -0.2) is 4.98 Å². The summed E-state index contributed by atoms with van der Waals surface area (Å²) >= 11 is 0. The van der Waals surface area contributed by atoms with Gasteiger partial charge in [0.05, 0.1) is 22.3 Å². The van der Waals surface area contributed by atoms with Crippen LogP contribution in [0.2, 0.25) is 0 Å². The Labute approximate surface area is 382 Å². The van der Waals surface area contributed by atoms with Crippen molar-refractivity contribution in [3.63, 3.8) is 0 Å². The fraction of sp³-hybridized carbons (Fsp3) is 0.263. The van der Waals surface area contributed by atoms with Crippen LogP contribution in [0.3, 0.4) is 0 Å². The van der Waals surface area contributed by atoms with Crippen molar-refractivity contribution in [1.29, 1.82) is 0 Å².